The number of hydrogen-bond acceptors (Lipinski definition) is 6. The summed E-state index contributed by atoms with van der Waals surface area (Å²) in [5.41, 5.74) is 3.08. The van der Waals surface area contributed by atoms with E-state index < -0.39 is 10.0 Å². The highest BCUT2D eigenvalue weighted by Gasteiger charge is 2.18. The van der Waals surface area contributed by atoms with Gasteiger partial charge in [0.2, 0.25) is 10.0 Å². The van der Waals surface area contributed by atoms with Crippen LogP contribution < -0.4 is 14.8 Å². The van der Waals surface area contributed by atoms with Gasteiger partial charge < -0.3 is 10.1 Å². The summed E-state index contributed by atoms with van der Waals surface area (Å²) in [4.78, 5) is 17.9. The molecule has 0 bridgehead atoms. The molecule has 2 N–H and O–H groups in total. The molecule has 0 spiro atoms. The van der Waals surface area contributed by atoms with Crippen molar-refractivity contribution < 1.29 is 17.9 Å². The summed E-state index contributed by atoms with van der Waals surface area (Å²) in [6.45, 7) is 8.16. The first-order chi connectivity index (χ1) is 15.2. The highest BCUT2D eigenvalue weighted by molar-refractivity contribution is 7.89. The Balaban J connectivity index is 1.59. The minimum absolute atomic E-state index is 0.0883. The van der Waals surface area contributed by atoms with E-state index in [2.05, 4.69) is 15.0 Å². The van der Waals surface area contributed by atoms with Crippen molar-refractivity contribution >= 4 is 27.3 Å². The standard InChI is InChI=1S/C23H27N3O4S2/c1-5-30-19-10-8-18(9-11-19)23-26-17(4)21(31-23)22(27)24-12-13-25-32(28,29)20-14-15(2)6-7-16(20)3/h6-11,14,25H,5,12-13H2,1-4H3,(H,24,27). The molecule has 9 heteroatoms. The van der Waals surface area contributed by atoms with E-state index in [1.807, 2.05) is 44.2 Å². The molecular weight excluding hydrogens is 446 g/mol. The lowest BCUT2D eigenvalue weighted by Gasteiger charge is -2.10. The zero-order chi connectivity index (χ0) is 23.3. The highest BCUT2D eigenvalue weighted by Crippen LogP contribution is 2.29. The number of aromatic nitrogens is 1. The van der Waals surface area contributed by atoms with Crippen LogP contribution in [-0.2, 0) is 10.0 Å². The van der Waals surface area contributed by atoms with Crippen LogP contribution in [0.3, 0.4) is 0 Å². The third-order valence-electron chi connectivity index (χ3n) is 4.75. The van der Waals surface area contributed by atoms with Crippen LogP contribution >= 0.6 is 11.3 Å². The number of hydrogen-bond donors (Lipinski definition) is 2. The summed E-state index contributed by atoms with van der Waals surface area (Å²) in [6.07, 6.45) is 0. The number of rotatable bonds is 9. The summed E-state index contributed by atoms with van der Waals surface area (Å²) < 4.78 is 33.1. The molecule has 3 aromatic rings. The number of nitrogens with zero attached hydrogens (tertiary/aromatic N) is 1. The number of aryl methyl sites for hydroxylation is 3. The zero-order valence-corrected chi connectivity index (χ0v) is 20.2. The number of amides is 1. The summed E-state index contributed by atoms with van der Waals surface area (Å²) in [5, 5.41) is 3.51. The fraction of sp³-hybridized carbons (Fsp3) is 0.304. The van der Waals surface area contributed by atoms with Gasteiger partial charge in [-0.25, -0.2) is 18.1 Å². The summed E-state index contributed by atoms with van der Waals surface area (Å²) in [5.74, 6) is 0.508. The maximum Gasteiger partial charge on any atom is 0.263 e. The van der Waals surface area contributed by atoms with Crippen LogP contribution in [0.1, 0.15) is 33.4 Å². The fourth-order valence-corrected chi connectivity index (χ4v) is 5.45. The van der Waals surface area contributed by atoms with E-state index in [1.165, 1.54) is 11.3 Å². The lowest BCUT2D eigenvalue weighted by molar-refractivity contribution is 0.0957. The van der Waals surface area contributed by atoms with Gasteiger partial charge in [0.1, 0.15) is 15.6 Å². The SMILES string of the molecule is CCOc1ccc(-c2nc(C)c(C(=O)NCCNS(=O)(=O)c3cc(C)ccc3C)s2)cc1. The van der Waals surface area contributed by atoms with Gasteiger partial charge in [-0.05, 0) is 69.2 Å². The van der Waals surface area contributed by atoms with Crippen LogP contribution in [0.2, 0.25) is 0 Å². The first-order valence-corrected chi connectivity index (χ1v) is 12.6. The van der Waals surface area contributed by atoms with Crippen LogP contribution in [0.5, 0.6) is 5.75 Å². The van der Waals surface area contributed by atoms with Crippen LogP contribution in [0, 0.1) is 20.8 Å². The topological polar surface area (TPSA) is 97.4 Å². The molecule has 0 radical (unpaired) electrons. The fourth-order valence-electron chi connectivity index (χ4n) is 3.11. The molecule has 0 unspecified atom stereocenters. The van der Waals surface area contributed by atoms with E-state index in [0.717, 1.165) is 21.9 Å². The molecular formula is C23H27N3O4S2. The molecule has 0 saturated heterocycles. The second kappa shape index (κ2) is 10.2. The molecule has 1 amide bonds. The molecule has 0 aliphatic rings. The Labute approximate surface area is 192 Å². The number of ether oxygens (including phenoxy) is 1. The van der Waals surface area contributed by atoms with Crippen molar-refractivity contribution in [2.24, 2.45) is 0 Å². The second-order valence-corrected chi connectivity index (χ2v) is 10.0. The maximum absolute atomic E-state index is 12.6. The van der Waals surface area contributed by atoms with Crippen molar-refractivity contribution in [3.8, 4) is 16.3 Å². The van der Waals surface area contributed by atoms with Gasteiger partial charge >= 0.3 is 0 Å². The van der Waals surface area contributed by atoms with Gasteiger partial charge in [-0.15, -0.1) is 11.3 Å². The Bertz CT molecular complexity index is 1200. The van der Waals surface area contributed by atoms with Crippen molar-refractivity contribution in [2.45, 2.75) is 32.6 Å². The molecule has 1 heterocycles. The van der Waals surface area contributed by atoms with Crippen molar-refractivity contribution in [2.75, 3.05) is 19.7 Å². The molecule has 1 aromatic heterocycles. The molecule has 170 valence electrons. The van der Waals surface area contributed by atoms with Gasteiger partial charge in [0, 0.05) is 18.7 Å². The first-order valence-electron chi connectivity index (χ1n) is 10.3. The number of thiazole rings is 1. The van der Waals surface area contributed by atoms with Crippen molar-refractivity contribution in [3.63, 3.8) is 0 Å². The van der Waals surface area contributed by atoms with Crippen molar-refractivity contribution in [3.05, 3.63) is 64.2 Å². The summed E-state index contributed by atoms with van der Waals surface area (Å²) in [6, 6.07) is 12.8. The van der Waals surface area contributed by atoms with Gasteiger partial charge in [-0.2, -0.15) is 0 Å². The van der Waals surface area contributed by atoms with Gasteiger partial charge in [0.25, 0.3) is 5.91 Å². The monoisotopic (exact) mass is 473 g/mol. The number of nitrogens with one attached hydrogen (secondary N) is 2. The maximum atomic E-state index is 12.6. The number of carbonyl (C=O) groups is 1. The van der Waals surface area contributed by atoms with E-state index >= 15 is 0 Å². The van der Waals surface area contributed by atoms with E-state index in [0.29, 0.717) is 22.7 Å². The largest absolute Gasteiger partial charge is 0.494 e. The van der Waals surface area contributed by atoms with Crippen LogP contribution in [0.4, 0.5) is 0 Å². The molecule has 2 aromatic carbocycles. The Kier molecular flexibility index (Phi) is 7.65. The lowest BCUT2D eigenvalue weighted by Crippen LogP contribution is -2.34. The van der Waals surface area contributed by atoms with Gasteiger partial charge in [0.05, 0.1) is 17.2 Å². The minimum Gasteiger partial charge on any atom is -0.494 e. The molecule has 7 nitrogen and oxygen atoms in total. The second-order valence-electron chi connectivity index (χ2n) is 7.31. The minimum atomic E-state index is -3.65. The quantitative estimate of drug-likeness (QED) is 0.460. The van der Waals surface area contributed by atoms with Crippen LogP contribution in [0.15, 0.2) is 47.4 Å². The number of carbonyl (C=O) groups excluding carboxylic acids is 1. The first kappa shape index (κ1) is 23.9. The molecule has 0 fully saturated rings. The Morgan fingerprint density at radius 2 is 1.78 bits per heavy atom. The molecule has 32 heavy (non-hydrogen) atoms. The third-order valence-corrected chi connectivity index (χ3v) is 7.56. The smallest absolute Gasteiger partial charge is 0.263 e. The van der Waals surface area contributed by atoms with Gasteiger partial charge in [-0.1, -0.05) is 12.1 Å². The number of benzene rings is 2. The van der Waals surface area contributed by atoms with E-state index in [9.17, 15) is 13.2 Å². The van der Waals surface area contributed by atoms with Crippen molar-refractivity contribution in [1.82, 2.24) is 15.0 Å². The zero-order valence-electron chi connectivity index (χ0n) is 18.6. The van der Waals surface area contributed by atoms with E-state index in [4.69, 9.17) is 4.74 Å². The van der Waals surface area contributed by atoms with Crippen molar-refractivity contribution in [1.29, 1.82) is 0 Å². The number of sulfonamides is 1. The average molecular weight is 474 g/mol. The predicted molar refractivity (Wildman–Crippen MR) is 127 cm³/mol. The highest BCUT2D eigenvalue weighted by atomic mass is 32.2. The van der Waals surface area contributed by atoms with E-state index in [-0.39, 0.29) is 23.9 Å². The lowest BCUT2D eigenvalue weighted by atomic mass is 10.2. The van der Waals surface area contributed by atoms with Crippen LogP contribution in [-0.4, -0.2) is 39.0 Å². The van der Waals surface area contributed by atoms with E-state index in [1.54, 1.807) is 26.0 Å². The normalized spacial score (nSPS) is 11.4. The molecule has 0 saturated carbocycles. The van der Waals surface area contributed by atoms with Gasteiger partial charge in [0.15, 0.2) is 0 Å². The molecule has 0 atom stereocenters. The molecule has 0 aliphatic heterocycles. The molecule has 0 aliphatic carbocycles. The van der Waals surface area contributed by atoms with Crippen LogP contribution in [0.25, 0.3) is 10.6 Å². The Morgan fingerprint density at radius 3 is 2.47 bits per heavy atom. The third kappa shape index (κ3) is 5.73. The summed E-state index contributed by atoms with van der Waals surface area (Å²) in [7, 11) is -3.65. The predicted octanol–water partition coefficient (Wildman–Crippen LogP) is 3.84. The Hall–Kier alpha value is -2.75. The Morgan fingerprint density at radius 1 is 1.06 bits per heavy atom. The molecule has 3 rings (SSSR count). The van der Waals surface area contributed by atoms with Gasteiger partial charge in [-0.3, -0.25) is 4.79 Å². The average Bonchev–Trinajstić information content (AvgIpc) is 3.15. The summed E-state index contributed by atoms with van der Waals surface area (Å²) >= 11 is 1.30.